The first-order chi connectivity index (χ1) is 11.4. The molecule has 0 heterocycles. The zero-order valence-corrected chi connectivity index (χ0v) is 15.9. The van der Waals surface area contributed by atoms with Gasteiger partial charge in [-0.25, -0.2) is 0 Å². The molecule has 0 aliphatic heterocycles. The fraction of sp³-hybridized carbons (Fsp3) is 0.952. The molecule has 2 heteroatoms. The van der Waals surface area contributed by atoms with Gasteiger partial charge >= 0.3 is 0 Å². The summed E-state index contributed by atoms with van der Waals surface area (Å²) in [4.78, 5) is 0. The van der Waals surface area contributed by atoms with Gasteiger partial charge in [0.2, 0.25) is 0 Å². The van der Waals surface area contributed by atoms with Crippen molar-refractivity contribution in [3.05, 3.63) is 6.42 Å². The maximum absolute atomic E-state index is 6.08. The lowest BCUT2D eigenvalue weighted by molar-refractivity contribution is -0.0578. The molecule has 2 unspecified atom stereocenters. The lowest BCUT2D eigenvalue weighted by atomic mass is 10.1. The molecule has 1 fully saturated rings. The monoisotopic (exact) mass is 325 g/mol. The van der Waals surface area contributed by atoms with Gasteiger partial charge in [-0.05, 0) is 32.1 Å². The normalized spacial score (nSPS) is 21.1. The Morgan fingerprint density at radius 1 is 0.609 bits per heavy atom. The van der Waals surface area contributed by atoms with Crippen LogP contribution in [0.3, 0.4) is 0 Å². The maximum Gasteiger partial charge on any atom is 0.0839 e. The fourth-order valence-electron chi connectivity index (χ4n) is 3.31. The Kier molecular flexibility index (Phi) is 14.1. The van der Waals surface area contributed by atoms with Crippen molar-refractivity contribution in [2.75, 3.05) is 13.2 Å². The van der Waals surface area contributed by atoms with E-state index in [1.165, 1.54) is 77.0 Å². The summed E-state index contributed by atoms with van der Waals surface area (Å²) in [7, 11) is 0. The smallest absolute Gasteiger partial charge is 0.0839 e. The van der Waals surface area contributed by atoms with Gasteiger partial charge in [-0.15, -0.1) is 0 Å². The van der Waals surface area contributed by atoms with Gasteiger partial charge in [0.1, 0.15) is 0 Å². The lowest BCUT2D eigenvalue weighted by Crippen LogP contribution is -2.27. The SMILES string of the molecule is CCCCCCCCOC1C[CH]CC1OCCCCCCCC. The van der Waals surface area contributed by atoms with Crippen molar-refractivity contribution in [3.63, 3.8) is 0 Å². The number of hydrogen-bond acceptors (Lipinski definition) is 2. The zero-order valence-electron chi connectivity index (χ0n) is 15.9. The molecule has 137 valence electrons. The molecule has 1 radical (unpaired) electrons. The highest BCUT2D eigenvalue weighted by Crippen LogP contribution is 2.25. The van der Waals surface area contributed by atoms with Crippen molar-refractivity contribution in [2.45, 2.75) is 116 Å². The Balaban J connectivity index is 1.94. The van der Waals surface area contributed by atoms with E-state index in [2.05, 4.69) is 20.3 Å². The maximum atomic E-state index is 6.08. The van der Waals surface area contributed by atoms with Gasteiger partial charge in [-0.3, -0.25) is 0 Å². The Labute approximate surface area is 145 Å². The number of unbranched alkanes of at least 4 members (excludes halogenated alkanes) is 10. The van der Waals surface area contributed by atoms with Crippen molar-refractivity contribution in [1.82, 2.24) is 0 Å². The van der Waals surface area contributed by atoms with Crippen LogP contribution in [0.25, 0.3) is 0 Å². The van der Waals surface area contributed by atoms with Crippen LogP contribution < -0.4 is 0 Å². The predicted molar refractivity (Wildman–Crippen MR) is 99.8 cm³/mol. The number of rotatable bonds is 16. The molecule has 23 heavy (non-hydrogen) atoms. The summed E-state index contributed by atoms with van der Waals surface area (Å²) in [6.45, 7) is 6.37. The number of ether oxygens (including phenoxy) is 2. The van der Waals surface area contributed by atoms with Gasteiger partial charge in [-0.2, -0.15) is 0 Å². The van der Waals surface area contributed by atoms with Gasteiger partial charge in [0, 0.05) is 13.2 Å². The van der Waals surface area contributed by atoms with E-state index >= 15 is 0 Å². The van der Waals surface area contributed by atoms with Gasteiger partial charge in [0.15, 0.2) is 0 Å². The first-order valence-electron chi connectivity index (χ1n) is 10.4. The second-order valence-corrected chi connectivity index (χ2v) is 7.11. The molecule has 1 rings (SSSR count). The predicted octanol–water partition coefficient (Wildman–Crippen LogP) is 6.48. The average molecular weight is 326 g/mol. The molecule has 0 amide bonds. The van der Waals surface area contributed by atoms with E-state index in [9.17, 15) is 0 Å². The Morgan fingerprint density at radius 3 is 1.43 bits per heavy atom. The van der Waals surface area contributed by atoms with Crippen molar-refractivity contribution in [3.8, 4) is 0 Å². The minimum absolute atomic E-state index is 0.325. The van der Waals surface area contributed by atoms with Crippen LogP contribution in [0.4, 0.5) is 0 Å². The highest BCUT2D eigenvalue weighted by atomic mass is 16.5. The summed E-state index contributed by atoms with van der Waals surface area (Å²) in [6.07, 6.45) is 21.1. The second-order valence-electron chi connectivity index (χ2n) is 7.11. The van der Waals surface area contributed by atoms with Crippen LogP contribution in [0.15, 0.2) is 0 Å². The molecule has 0 aromatic heterocycles. The summed E-state index contributed by atoms with van der Waals surface area (Å²) < 4.78 is 12.2. The Morgan fingerprint density at radius 2 is 1.00 bits per heavy atom. The van der Waals surface area contributed by atoms with Crippen molar-refractivity contribution < 1.29 is 9.47 Å². The molecular weight excluding hydrogens is 284 g/mol. The molecule has 0 N–H and O–H groups in total. The number of hydrogen-bond donors (Lipinski definition) is 0. The quantitative estimate of drug-likeness (QED) is 0.302. The fourth-order valence-corrected chi connectivity index (χ4v) is 3.31. The van der Waals surface area contributed by atoms with Crippen LogP contribution in [0, 0.1) is 6.42 Å². The van der Waals surface area contributed by atoms with Crippen LogP contribution in [0.2, 0.25) is 0 Å². The molecule has 1 saturated carbocycles. The summed E-state index contributed by atoms with van der Waals surface area (Å²) in [5, 5.41) is 0. The lowest BCUT2D eigenvalue weighted by Gasteiger charge is -2.21. The standard InChI is InChI=1S/C21H41O2/c1-3-5-7-9-11-13-18-22-20-16-15-17-21(20)23-19-14-12-10-8-6-4-2/h15,20-21H,3-14,16-19H2,1-2H3. The Hall–Kier alpha value is -0.0800. The van der Waals surface area contributed by atoms with Crippen molar-refractivity contribution in [2.24, 2.45) is 0 Å². The molecule has 0 aromatic rings. The van der Waals surface area contributed by atoms with Crippen LogP contribution in [-0.2, 0) is 9.47 Å². The second kappa shape index (κ2) is 15.4. The molecule has 0 saturated heterocycles. The van der Waals surface area contributed by atoms with Crippen LogP contribution in [0.5, 0.6) is 0 Å². The topological polar surface area (TPSA) is 18.5 Å². The van der Waals surface area contributed by atoms with E-state index in [1.807, 2.05) is 0 Å². The first kappa shape index (κ1) is 21.0. The van der Waals surface area contributed by atoms with Crippen LogP contribution >= 0.6 is 0 Å². The van der Waals surface area contributed by atoms with E-state index in [-0.39, 0.29) is 0 Å². The molecule has 2 atom stereocenters. The van der Waals surface area contributed by atoms with E-state index in [1.54, 1.807) is 0 Å². The molecule has 0 aromatic carbocycles. The van der Waals surface area contributed by atoms with Gasteiger partial charge in [0.05, 0.1) is 12.2 Å². The summed E-state index contributed by atoms with van der Waals surface area (Å²) >= 11 is 0. The Bertz CT molecular complexity index is 218. The minimum Gasteiger partial charge on any atom is -0.376 e. The first-order valence-corrected chi connectivity index (χ1v) is 10.4. The third kappa shape index (κ3) is 11.2. The van der Waals surface area contributed by atoms with E-state index in [0.29, 0.717) is 12.2 Å². The minimum atomic E-state index is 0.325. The third-order valence-electron chi connectivity index (χ3n) is 4.87. The van der Waals surface area contributed by atoms with E-state index < -0.39 is 0 Å². The van der Waals surface area contributed by atoms with Crippen molar-refractivity contribution in [1.29, 1.82) is 0 Å². The largest absolute Gasteiger partial charge is 0.376 e. The average Bonchev–Trinajstić information content (AvgIpc) is 3.00. The molecule has 0 bridgehead atoms. The van der Waals surface area contributed by atoms with Crippen molar-refractivity contribution >= 4 is 0 Å². The molecular formula is C21H41O2. The molecule has 1 aliphatic carbocycles. The third-order valence-corrected chi connectivity index (χ3v) is 4.87. The van der Waals surface area contributed by atoms with Crippen LogP contribution in [-0.4, -0.2) is 25.4 Å². The van der Waals surface area contributed by atoms with Crippen LogP contribution in [0.1, 0.15) is 104 Å². The van der Waals surface area contributed by atoms with E-state index in [4.69, 9.17) is 9.47 Å². The summed E-state index contributed by atoms with van der Waals surface area (Å²) in [6, 6.07) is 0. The van der Waals surface area contributed by atoms with E-state index in [0.717, 1.165) is 26.1 Å². The highest BCUT2D eigenvalue weighted by Gasteiger charge is 2.28. The molecule has 0 spiro atoms. The summed E-state index contributed by atoms with van der Waals surface area (Å²) in [5.74, 6) is 0. The highest BCUT2D eigenvalue weighted by molar-refractivity contribution is 4.90. The van der Waals surface area contributed by atoms with Gasteiger partial charge in [-0.1, -0.05) is 78.1 Å². The molecule has 2 nitrogen and oxygen atoms in total. The zero-order chi connectivity index (χ0) is 16.6. The van der Waals surface area contributed by atoms with Gasteiger partial charge < -0.3 is 9.47 Å². The summed E-state index contributed by atoms with van der Waals surface area (Å²) in [5.41, 5.74) is 0. The molecule has 1 aliphatic rings. The van der Waals surface area contributed by atoms with Gasteiger partial charge in [0.25, 0.3) is 0 Å².